The fourth-order valence-corrected chi connectivity index (χ4v) is 8.28. The van der Waals surface area contributed by atoms with E-state index in [1.807, 2.05) is 30.5 Å². The summed E-state index contributed by atoms with van der Waals surface area (Å²) in [6.07, 6.45) is 24.4. The molecule has 3 aliphatic rings. The Morgan fingerprint density at radius 2 is 1.70 bits per heavy atom. The number of allylic oxidation sites excluding steroid dienone is 3. The molecule has 1 heterocycles. The second kappa shape index (κ2) is 24.5. The van der Waals surface area contributed by atoms with Crippen LogP contribution in [-0.2, 0) is 24.2 Å². The van der Waals surface area contributed by atoms with Crippen molar-refractivity contribution in [1.82, 2.24) is 10.2 Å². The van der Waals surface area contributed by atoms with E-state index in [1.165, 1.54) is 76.7 Å². The average Bonchev–Trinajstić information content (AvgIpc) is 3.45. The van der Waals surface area contributed by atoms with Gasteiger partial charge in [0, 0.05) is 24.4 Å². The molecule has 0 bridgehead atoms. The number of nitrogens with zero attached hydrogens (tertiary/aromatic N) is 1. The molecule has 1 saturated carbocycles. The van der Waals surface area contributed by atoms with E-state index in [9.17, 15) is 27.9 Å². The summed E-state index contributed by atoms with van der Waals surface area (Å²) < 4.78 is 21.1. The molecule has 1 aromatic carbocycles. The third-order valence-electron chi connectivity index (χ3n) is 10.4. The largest absolute Gasteiger partial charge is 0.481 e. The normalized spacial score (nSPS) is 19.1. The molecular weight excluding hydrogens is 709 g/mol. The van der Waals surface area contributed by atoms with Crippen LogP contribution in [0.1, 0.15) is 115 Å². The van der Waals surface area contributed by atoms with Crippen LogP contribution in [0.2, 0.25) is 0 Å². The van der Waals surface area contributed by atoms with Gasteiger partial charge in [-0.3, -0.25) is 14.5 Å². The molecule has 1 amide bonds. The van der Waals surface area contributed by atoms with Gasteiger partial charge < -0.3 is 15.5 Å². The number of amides is 1. The van der Waals surface area contributed by atoms with Gasteiger partial charge >= 0.3 is 11.9 Å². The van der Waals surface area contributed by atoms with Crippen LogP contribution in [0.5, 0.6) is 0 Å². The zero-order chi connectivity index (χ0) is 39.4. The molecule has 9 nitrogen and oxygen atoms in total. The van der Waals surface area contributed by atoms with Crippen molar-refractivity contribution < 1.29 is 33.0 Å². The highest BCUT2D eigenvalue weighted by Gasteiger charge is 2.27. The van der Waals surface area contributed by atoms with Crippen molar-refractivity contribution in [3.05, 3.63) is 64.8 Å². The molecule has 2 fully saturated rings. The molecule has 1 saturated heterocycles. The molecule has 298 valence electrons. The van der Waals surface area contributed by atoms with Gasteiger partial charge in [0.25, 0.3) is 5.91 Å². The topological polar surface area (TPSA) is 141 Å². The van der Waals surface area contributed by atoms with Crippen LogP contribution in [0.15, 0.2) is 53.6 Å². The Labute approximate surface area is 324 Å². The highest BCUT2D eigenvalue weighted by Crippen LogP contribution is 2.31. The Kier molecular flexibility index (Phi) is 21.4. The number of hydrogen-bond donors (Lipinski definition) is 3. The molecule has 3 N–H and O–H groups in total. The van der Waals surface area contributed by atoms with Crippen LogP contribution in [0.4, 0.5) is 0 Å². The Morgan fingerprint density at radius 1 is 1.00 bits per heavy atom. The Bertz CT molecular complexity index is 1510. The Balaban J connectivity index is 0.000000416. The summed E-state index contributed by atoms with van der Waals surface area (Å²) in [5.74, 6) is -1.14. The number of nitrogens with one attached hydrogen (secondary N) is 1. The van der Waals surface area contributed by atoms with E-state index in [4.69, 9.17) is 5.11 Å². The first-order valence-corrected chi connectivity index (χ1v) is 23.0. The summed E-state index contributed by atoms with van der Waals surface area (Å²) in [7, 11) is -3.02. The maximum Gasteiger partial charge on any atom is 0.326 e. The first-order valence-electron chi connectivity index (χ1n) is 19.5. The smallest absolute Gasteiger partial charge is 0.326 e. The number of carboxylic acids is 2. The van der Waals surface area contributed by atoms with E-state index in [0.29, 0.717) is 23.8 Å². The highest BCUT2D eigenvalue weighted by atomic mass is 32.2. The zero-order valence-electron chi connectivity index (χ0n) is 33.1. The maximum absolute atomic E-state index is 13.4. The van der Waals surface area contributed by atoms with Crippen molar-refractivity contribution in [2.45, 2.75) is 123 Å². The number of carbonyl (C=O) groups is 3. The lowest BCUT2D eigenvalue weighted by Gasteiger charge is -2.25. The Hall–Kier alpha value is -2.89. The molecule has 0 aromatic heterocycles. The molecule has 1 aromatic rings. The van der Waals surface area contributed by atoms with Crippen LogP contribution in [-0.4, -0.2) is 90.6 Å². The van der Waals surface area contributed by atoms with Gasteiger partial charge in [0.2, 0.25) is 0 Å². The number of aliphatic carboxylic acids is 2. The van der Waals surface area contributed by atoms with E-state index in [-0.39, 0.29) is 18.1 Å². The fraction of sp³-hybridized carbons (Fsp3) is 0.643. The lowest BCUT2D eigenvalue weighted by molar-refractivity contribution is -0.141. The summed E-state index contributed by atoms with van der Waals surface area (Å²) in [6.45, 7) is 10.1. The molecule has 1 aliphatic heterocycles. The maximum atomic E-state index is 13.4. The summed E-state index contributed by atoms with van der Waals surface area (Å²) in [5, 5.41) is 20.8. The summed E-state index contributed by atoms with van der Waals surface area (Å²) in [5.41, 5.74) is 4.80. The van der Waals surface area contributed by atoms with Crippen LogP contribution in [0.3, 0.4) is 0 Å². The summed E-state index contributed by atoms with van der Waals surface area (Å²) in [6, 6.07) is 7.83. The van der Waals surface area contributed by atoms with Crippen molar-refractivity contribution >= 4 is 45.0 Å². The van der Waals surface area contributed by atoms with Crippen molar-refractivity contribution in [1.29, 1.82) is 0 Å². The second-order valence-corrected chi connectivity index (χ2v) is 18.1. The number of carbonyl (C=O) groups excluding carboxylic acids is 1. The minimum atomic E-state index is -3.02. The lowest BCUT2D eigenvalue weighted by Crippen LogP contribution is -2.41. The lowest BCUT2D eigenvalue weighted by atomic mass is 9.88. The molecule has 2 aliphatic carbocycles. The molecular formula is C42H66N2O7S2. The molecule has 4 rings (SSSR count). The van der Waals surface area contributed by atoms with Crippen molar-refractivity contribution in [3.63, 3.8) is 0 Å². The number of thioether (sulfide) groups is 1. The Morgan fingerprint density at radius 3 is 2.26 bits per heavy atom. The van der Waals surface area contributed by atoms with Crippen molar-refractivity contribution in [2.75, 3.05) is 37.1 Å². The standard InChI is InChI=1S/C28H38N2O3S.C8H16.C6H12O4S/c1-4-9-22-12-8-16-30(22)19-21-11-7-14-24(25(18-21)23-13-6-5-10-20(23)2)27(31)29-26(28(32)33)15-17-34-3;1-2-8-6-4-3-5-7-8;1-5(6(7)8)3-4-11(2,9)10/h5-7,10,13-14,18,22,26H,4,8-9,11-12,15-17,19H2,1-3H3,(H,29,31)(H,32,33);8H,2-7H2,1H3;5H,3-4H2,1-2H3,(H,7,8). The molecule has 53 heavy (non-hydrogen) atoms. The van der Waals surface area contributed by atoms with E-state index >= 15 is 0 Å². The van der Waals surface area contributed by atoms with E-state index < -0.39 is 33.7 Å². The molecule has 3 unspecified atom stereocenters. The molecule has 0 spiro atoms. The molecule has 11 heteroatoms. The van der Waals surface area contributed by atoms with E-state index in [2.05, 4.69) is 49.2 Å². The van der Waals surface area contributed by atoms with Gasteiger partial charge in [-0.2, -0.15) is 11.8 Å². The van der Waals surface area contributed by atoms with Gasteiger partial charge in [-0.15, -0.1) is 0 Å². The van der Waals surface area contributed by atoms with Gasteiger partial charge in [-0.05, 0) is 86.6 Å². The average molecular weight is 775 g/mol. The van der Waals surface area contributed by atoms with Crippen molar-refractivity contribution in [2.24, 2.45) is 11.8 Å². The van der Waals surface area contributed by atoms with Crippen molar-refractivity contribution in [3.8, 4) is 0 Å². The number of hydrogen-bond acceptors (Lipinski definition) is 7. The minimum absolute atomic E-state index is 0.0551. The monoisotopic (exact) mass is 774 g/mol. The van der Waals surface area contributed by atoms with E-state index in [1.54, 1.807) is 11.8 Å². The van der Waals surface area contributed by atoms with Gasteiger partial charge in [0.15, 0.2) is 0 Å². The number of sulfone groups is 1. The quantitative estimate of drug-likeness (QED) is 0.151. The number of likely N-dealkylation sites (tertiary alicyclic amines) is 1. The third-order valence-corrected chi connectivity index (χ3v) is 12.0. The van der Waals surface area contributed by atoms with Gasteiger partial charge in [0.1, 0.15) is 15.9 Å². The zero-order valence-corrected chi connectivity index (χ0v) is 34.7. The van der Waals surface area contributed by atoms with E-state index in [0.717, 1.165) is 48.4 Å². The molecule has 3 atom stereocenters. The van der Waals surface area contributed by atoms with Crippen LogP contribution >= 0.6 is 11.8 Å². The highest BCUT2D eigenvalue weighted by molar-refractivity contribution is 7.98. The predicted molar refractivity (Wildman–Crippen MR) is 220 cm³/mol. The van der Waals surface area contributed by atoms with Crippen LogP contribution in [0.25, 0.3) is 5.57 Å². The van der Waals surface area contributed by atoms with Crippen LogP contribution < -0.4 is 5.32 Å². The number of aryl methyl sites for hydroxylation is 1. The number of rotatable bonds is 16. The summed E-state index contributed by atoms with van der Waals surface area (Å²) >= 11 is 1.58. The first-order chi connectivity index (χ1) is 25.2. The fourth-order valence-electron chi connectivity index (χ4n) is 7.03. The third kappa shape index (κ3) is 17.4. The van der Waals surface area contributed by atoms with Gasteiger partial charge in [0.05, 0.1) is 11.7 Å². The summed E-state index contributed by atoms with van der Waals surface area (Å²) in [4.78, 5) is 37.9. The molecule has 0 radical (unpaired) electrons. The van der Waals surface area contributed by atoms with Crippen LogP contribution in [0, 0.1) is 18.8 Å². The number of benzene rings is 1. The van der Waals surface area contributed by atoms with Gasteiger partial charge in [-0.25, -0.2) is 13.2 Å². The number of carboxylic acid groups (broad SMARTS) is 2. The second-order valence-electron chi connectivity index (χ2n) is 14.8. The first kappa shape index (κ1) is 46.3. The minimum Gasteiger partial charge on any atom is -0.481 e. The van der Waals surface area contributed by atoms with Gasteiger partial charge in [-0.1, -0.05) is 114 Å². The SMILES string of the molecule is CC(CCS(C)(=O)=O)C(=O)O.CCC1CCCCC1.CCCC1CCCN1CC1=CC(c2ccccc2C)=C(C(=O)NC(CCSC)C(=O)O)C=CC1. The predicted octanol–water partition coefficient (Wildman–Crippen LogP) is 8.34.